The predicted octanol–water partition coefficient (Wildman–Crippen LogP) is 4.30. The number of anilines is 1. The van der Waals surface area contributed by atoms with Crippen LogP contribution in [0.25, 0.3) is 0 Å². The van der Waals surface area contributed by atoms with Crippen molar-refractivity contribution in [2.24, 2.45) is 0 Å². The van der Waals surface area contributed by atoms with Crippen LogP contribution in [0.5, 0.6) is 11.6 Å². The number of hydrogen-bond acceptors (Lipinski definition) is 5. The smallest absolute Gasteiger partial charge is 0.235 e. The van der Waals surface area contributed by atoms with Crippen LogP contribution in [0.4, 0.5) is 5.82 Å². The third-order valence-corrected chi connectivity index (χ3v) is 5.92. The van der Waals surface area contributed by atoms with E-state index in [1.54, 1.807) is 13.2 Å². The summed E-state index contributed by atoms with van der Waals surface area (Å²) >= 11 is 1.41. The molecule has 152 valence electrons. The average molecular weight is 412 g/mol. The Morgan fingerprint density at radius 3 is 2.52 bits per heavy atom. The van der Waals surface area contributed by atoms with Crippen LogP contribution in [0.2, 0.25) is 0 Å². The van der Waals surface area contributed by atoms with Crippen LogP contribution in [0.15, 0.2) is 47.5 Å². The summed E-state index contributed by atoms with van der Waals surface area (Å²) in [4.78, 5) is 16.7. The van der Waals surface area contributed by atoms with E-state index in [0.29, 0.717) is 12.4 Å². The second-order valence-electron chi connectivity index (χ2n) is 6.81. The molecule has 0 aliphatic carbocycles. The summed E-state index contributed by atoms with van der Waals surface area (Å²) in [6.45, 7) is 6.23. The predicted molar refractivity (Wildman–Crippen MR) is 116 cm³/mol. The number of rotatable bonds is 7. The summed E-state index contributed by atoms with van der Waals surface area (Å²) in [5, 5.41) is 14.3. The van der Waals surface area contributed by atoms with E-state index in [4.69, 9.17) is 4.74 Å². The summed E-state index contributed by atoms with van der Waals surface area (Å²) in [6, 6.07) is 13.2. The lowest BCUT2D eigenvalue weighted by molar-refractivity contribution is -0.113. The molecule has 0 bridgehead atoms. The maximum Gasteiger partial charge on any atom is 0.235 e. The van der Waals surface area contributed by atoms with Gasteiger partial charge in [0.05, 0.1) is 24.4 Å². The number of thioether (sulfide) groups is 1. The standard InChI is InChI=1S/C22H25N3O3S/c1-14-6-5-7-19(23-14)24-20(26)13-29-22-16(3)15(2)21(27)25(22)12-17-8-10-18(28-4)11-9-17/h5-11,27H,12-13H2,1-4H3,(H,23,24,26). The van der Waals surface area contributed by atoms with Crippen molar-refractivity contribution in [2.45, 2.75) is 32.3 Å². The molecular weight excluding hydrogens is 386 g/mol. The Bertz CT molecular complexity index is 1010. The van der Waals surface area contributed by atoms with E-state index in [0.717, 1.165) is 33.2 Å². The van der Waals surface area contributed by atoms with E-state index in [2.05, 4.69) is 10.3 Å². The van der Waals surface area contributed by atoms with Crippen molar-refractivity contribution < 1.29 is 14.6 Å². The van der Waals surface area contributed by atoms with Gasteiger partial charge in [-0.05, 0) is 56.2 Å². The molecule has 0 spiro atoms. The fourth-order valence-corrected chi connectivity index (χ4v) is 4.02. The molecule has 0 radical (unpaired) electrons. The number of methoxy groups -OCH3 is 1. The molecule has 0 saturated carbocycles. The van der Waals surface area contributed by atoms with Gasteiger partial charge in [0.1, 0.15) is 11.6 Å². The molecule has 0 aliphatic heterocycles. The van der Waals surface area contributed by atoms with Gasteiger partial charge < -0.3 is 19.7 Å². The summed E-state index contributed by atoms with van der Waals surface area (Å²) < 4.78 is 7.04. The van der Waals surface area contributed by atoms with Crippen LogP contribution in [0, 0.1) is 20.8 Å². The molecule has 2 N–H and O–H groups in total. The molecular formula is C22H25N3O3S. The van der Waals surface area contributed by atoms with Crippen molar-refractivity contribution in [3.8, 4) is 11.6 Å². The number of amides is 1. The van der Waals surface area contributed by atoms with Gasteiger partial charge in [0.15, 0.2) is 5.88 Å². The lowest BCUT2D eigenvalue weighted by Crippen LogP contribution is -2.15. The number of nitrogens with zero attached hydrogens (tertiary/aromatic N) is 2. The molecule has 0 atom stereocenters. The molecule has 0 fully saturated rings. The van der Waals surface area contributed by atoms with E-state index < -0.39 is 0 Å². The first kappa shape index (κ1) is 20.8. The molecule has 0 aliphatic rings. The van der Waals surface area contributed by atoms with Crippen molar-refractivity contribution in [2.75, 3.05) is 18.2 Å². The highest BCUT2D eigenvalue weighted by Crippen LogP contribution is 2.35. The van der Waals surface area contributed by atoms with Crippen molar-refractivity contribution in [3.05, 3.63) is 64.8 Å². The van der Waals surface area contributed by atoms with Gasteiger partial charge in [0.25, 0.3) is 0 Å². The molecule has 2 heterocycles. The molecule has 1 amide bonds. The average Bonchev–Trinajstić information content (AvgIpc) is 2.90. The van der Waals surface area contributed by atoms with Gasteiger partial charge in [-0.3, -0.25) is 4.79 Å². The molecule has 0 unspecified atom stereocenters. The molecule has 7 heteroatoms. The number of ether oxygens (including phenoxy) is 1. The molecule has 6 nitrogen and oxygen atoms in total. The Kier molecular flexibility index (Phi) is 6.49. The Morgan fingerprint density at radius 1 is 1.14 bits per heavy atom. The number of carbonyl (C=O) groups is 1. The minimum atomic E-state index is -0.137. The second-order valence-corrected chi connectivity index (χ2v) is 7.78. The largest absolute Gasteiger partial charge is 0.497 e. The number of aromatic hydroxyl groups is 1. The summed E-state index contributed by atoms with van der Waals surface area (Å²) in [7, 11) is 1.63. The SMILES string of the molecule is COc1ccc(Cn2c(O)c(C)c(C)c2SCC(=O)Nc2cccc(C)n2)cc1. The third kappa shape index (κ3) is 4.92. The highest BCUT2D eigenvalue weighted by molar-refractivity contribution is 8.00. The van der Waals surface area contributed by atoms with Crippen LogP contribution in [-0.4, -0.2) is 33.4 Å². The van der Waals surface area contributed by atoms with Gasteiger partial charge in [-0.25, -0.2) is 4.98 Å². The lowest BCUT2D eigenvalue weighted by atomic mass is 10.2. The fraction of sp³-hybridized carbons (Fsp3) is 0.273. The Morgan fingerprint density at radius 2 is 1.86 bits per heavy atom. The van der Waals surface area contributed by atoms with Crippen molar-refractivity contribution in [3.63, 3.8) is 0 Å². The zero-order chi connectivity index (χ0) is 21.0. The number of aromatic nitrogens is 2. The van der Waals surface area contributed by atoms with Crippen molar-refractivity contribution in [1.29, 1.82) is 0 Å². The first-order chi connectivity index (χ1) is 13.9. The Labute approximate surface area is 174 Å². The Balaban J connectivity index is 1.74. The quantitative estimate of drug-likeness (QED) is 0.567. The minimum Gasteiger partial charge on any atom is -0.497 e. The van der Waals surface area contributed by atoms with Gasteiger partial charge in [-0.2, -0.15) is 0 Å². The van der Waals surface area contributed by atoms with E-state index in [1.807, 2.05) is 61.7 Å². The van der Waals surface area contributed by atoms with Crippen LogP contribution in [0.3, 0.4) is 0 Å². The molecule has 3 aromatic rings. The number of pyridine rings is 1. The van der Waals surface area contributed by atoms with Gasteiger partial charge in [-0.15, -0.1) is 0 Å². The molecule has 0 saturated heterocycles. The lowest BCUT2D eigenvalue weighted by Gasteiger charge is -2.12. The van der Waals surface area contributed by atoms with Crippen LogP contribution < -0.4 is 10.1 Å². The summed E-state index contributed by atoms with van der Waals surface area (Å²) in [5.41, 5.74) is 3.68. The van der Waals surface area contributed by atoms with Crippen LogP contribution >= 0.6 is 11.8 Å². The Hall–Kier alpha value is -2.93. The van der Waals surface area contributed by atoms with Crippen LogP contribution in [-0.2, 0) is 11.3 Å². The highest BCUT2D eigenvalue weighted by atomic mass is 32.2. The number of benzene rings is 1. The van der Waals surface area contributed by atoms with Gasteiger partial charge >= 0.3 is 0 Å². The monoisotopic (exact) mass is 411 g/mol. The number of aryl methyl sites for hydroxylation is 1. The normalized spacial score (nSPS) is 10.8. The number of nitrogens with one attached hydrogen (secondary N) is 1. The molecule has 29 heavy (non-hydrogen) atoms. The number of hydrogen-bond donors (Lipinski definition) is 2. The first-order valence-electron chi connectivity index (χ1n) is 9.27. The minimum absolute atomic E-state index is 0.137. The fourth-order valence-electron chi connectivity index (χ4n) is 3.00. The second kappa shape index (κ2) is 9.05. The molecule has 3 rings (SSSR count). The van der Waals surface area contributed by atoms with E-state index in [9.17, 15) is 9.90 Å². The van der Waals surface area contributed by atoms with Crippen molar-refractivity contribution >= 4 is 23.5 Å². The zero-order valence-corrected chi connectivity index (χ0v) is 17.8. The maximum atomic E-state index is 12.4. The van der Waals surface area contributed by atoms with Crippen molar-refractivity contribution in [1.82, 2.24) is 9.55 Å². The maximum absolute atomic E-state index is 12.4. The summed E-state index contributed by atoms with van der Waals surface area (Å²) in [5.74, 6) is 1.64. The van der Waals surface area contributed by atoms with Gasteiger partial charge in [-0.1, -0.05) is 30.0 Å². The van der Waals surface area contributed by atoms with E-state index in [1.165, 1.54) is 11.8 Å². The zero-order valence-electron chi connectivity index (χ0n) is 17.0. The summed E-state index contributed by atoms with van der Waals surface area (Å²) in [6.07, 6.45) is 0. The highest BCUT2D eigenvalue weighted by Gasteiger charge is 2.19. The molecule has 1 aromatic carbocycles. The van der Waals surface area contributed by atoms with Gasteiger partial charge in [0, 0.05) is 11.3 Å². The number of carbonyl (C=O) groups excluding carboxylic acids is 1. The van der Waals surface area contributed by atoms with Gasteiger partial charge in [0.2, 0.25) is 5.91 Å². The molecule has 2 aromatic heterocycles. The van der Waals surface area contributed by atoms with Crippen LogP contribution in [0.1, 0.15) is 22.4 Å². The van der Waals surface area contributed by atoms with E-state index >= 15 is 0 Å². The van der Waals surface area contributed by atoms with E-state index in [-0.39, 0.29) is 17.5 Å². The third-order valence-electron chi connectivity index (χ3n) is 4.72. The topological polar surface area (TPSA) is 76.4 Å². The first-order valence-corrected chi connectivity index (χ1v) is 10.3.